The van der Waals surface area contributed by atoms with Crippen LogP contribution in [0.5, 0.6) is 0 Å². The fourth-order valence-corrected chi connectivity index (χ4v) is 11.3. The van der Waals surface area contributed by atoms with Gasteiger partial charge in [-0.2, -0.15) is 0 Å². The van der Waals surface area contributed by atoms with Crippen molar-refractivity contribution in [3.63, 3.8) is 0 Å². The molecular formula is C28H48Si. The minimum atomic E-state index is -1.66. The van der Waals surface area contributed by atoms with Crippen LogP contribution in [-0.4, -0.2) is 8.07 Å². The summed E-state index contributed by atoms with van der Waals surface area (Å²) < 4.78 is 0. The quantitative estimate of drug-likeness (QED) is 0.381. The van der Waals surface area contributed by atoms with Gasteiger partial charge < -0.3 is 0 Å². The Morgan fingerprint density at radius 1 is 0.690 bits per heavy atom. The predicted octanol–water partition coefficient (Wildman–Crippen LogP) is 9.35. The van der Waals surface area contributed by atoms with Crippen molar-refractivity contribution in [3.05, 3.63) is 46.6 Å². The molecule has 2 rings (SSSR count). The second-order valence-corrected chi connectivity index (χ2v) is 17.4. The van der Waals surface area contributed by atoms with Crippen molar-refractivity contribution >= 4 is 8.07 Å². The molecule has 164 valence electrons. The highest BCUT2D eigenvalue weighted by atomic mass is 28.3. The van der Waals surface area contributed by atoms with Gasteiger partial charge in [-0.1, -0.05) is 131 Å². The van der Waals surface area contributed by atoms with Crippen LogP contribution >= 0.6 is 0 Å². The van der Waals surface area contributed by atoms with Gasteiger partial charge >= 0.3 is 0 Å². The maximum Gasteiger partial charge on any atom is 0.0761 e. The lowest BCUT2D eigenvalue weighted by atomic mass is 9.87. The molecule has 0 aromatic carbocycles. The highest BCUT2D eigenvalue weighted by molar-refractivity contribution is 6.84. The lowest BCUT2D eigenvalue weighted by Gasteiger charge is -2.44. The monoisotopic (exact) mass is 412 g/mol. The molecule has 0 bridgehead atoms. The van der Waals surface area contributed by atoms with Crippen LogP contribution < -0.4 is 0 Å². The fourth-order valence-electron chi connectivity index (χ4n) is 5.49. The van der Waals surface area contributed by atoms with E-state index in [2.05, 4.69) is 107 Å². The molecule has 2 aliphatic carbocycles. The zero-order valence-electron chi connectivity index (χ0n) is 21.5. The second-order valence-electron chi connectivity index (χ2n) is 12.2. The van der Waals surface area contributed by atoms with Gasteiger partial charge in [0.05, 0.1) is 8.07 Å². The molecule has 0 heterocycles. The lowest BCUT2D eigenvalue weighted by molar-refractivity contribution is 0.517. The van der Waals surface area contributed by atoms with E-state index in [9.17, 15) is 0 Å². The molecule has 0 radical (unpaired) electrons. The van der Waals surface area contributed by atoms with E-state index < -0.39 is 8.07 Å². The van der Waals surface area contributed by atoms with Gasteiger partial charge in [-0.3, -0.25) is 0 Å². The second kappa shape index (κ2) is 8.37. The number of allylic oxidation sites excluding steroid dienone is 8. The van der Waals surface area contributed by atoms with Crippen molar-refractivity contribution in [2.75, 3.05) is 0 Å². The first-order valence-corrected chi connectivity index (χ1v) is 14.6. The van der Waals surface area contributed by atoms with E-state index in [1.54, 1.807) is 22.3 Å². The van der Waals surface area contributed by atoms with Crippen LogP contribution in [0.3, 0.4) is 0 Å². The lowest BCUT2D eigenvalue weighted by Crippen LogP contribution is -2.44. The van der Waals surface area contributed by atoms with E-state index in [0.29, 0.717) is 22.9 Å². The van der Waals surface area contributed by atoms with Crippen molar-refractivity contribution < 1.29 is 0 Å². The summed E-state index contributed by atoms with van der Waals surface area (Å²) >= 11 is 0. The van der Waals surface area contributed by atoms with Crippen LogP contribution in [0.4, 0.5) is 0 Å². The van der Waals surface area contributed by atoms with Crippen molar-refractivity contribution in [3.8, 4) is 0 Å². The Hall–Kier alpha value is -0.823. The SMILES string of the molecule is CC[Si](CC)(C1C=C(C(C)(C)C)C=C1C(C)C)C1C=C(C(C)(C)C)C=C1C(C)C. The third kappa shape index (κ3) is 4.60. The molecule has 2 aliphatic rings. The van der Waals surface area contributed by atoms with Crippen LogP contribution in [0, 0.1) is 22.7 Å². The summed E-state index contributed by atoms with van der Waals surface area (Å²) in [5.74, 6) is 1.25. The van der Waals surface area contributed by atoms with Crippen LogP contribution in [0.25, 0.3) is 0 Å². The Balaban J connectivity index is 2.67. The Morgan fingerprint density at radius 2 is 1.00 bits per heavy atom. The molecule has 0 N–H and O–H groups in total. The Bertz CT molecular complexity index is 661. The summed E-state index contributed by atoms with van der Waals surface area (Å²) in [7, 11) is -1.66. The first-order valence-electron chi connectivity index (χ1n) is 12.1. The van der Waals surface area contributed by atoms with Crippen LogP contribution in [0.15, 0.2) is 46.6 Å². The molecule has 29 heavy (non-hydrogen) atoms. The molecule has 2 unspecified atom stereocenters. The summed E-state index contributed by atoms with van der Waals surface area (Å²) in [4.78, 5) is 0. The highest BCUT2D eigenvalue weighted by Gasteiger charge is 2.49. The normalized spacial score (nSPS) is 23.5. The van der Waals surface area contributed by atoms with E-state index in [0.717, 1.165) is 0 Å². The van der Waals surface area contributed by atoms with E-state index >= 15 is 0 Å². The molecule has 0 fully saturated rings. The molecule has 0 amide bonds. The van der Waals surface area contributed by atoms with E-state index in [1.807, 2.05) is 0 Å². The molecule has 1 heteroatoms. The smallest absolute Gasteiger partial charge is 0.0761 e. The van der Waals surface area contributed by atoms with E-state index in [1.165, 1.54) is 12.1 Å². The maximum absolute atomic E-state index is 2.72. The molecule has 0 aliphatic heterocycles. The molecular weight excluding hydrogens is 364 g/mol. The van der Waals surface area contributed by atoms with Gasteiger partial charge in [-0.25, -0.2) is 0 Å². The van der Waals surface area contributed by atoms with Gasteiger partial charge in [0.2, 0.25) is 0 Å². The first kappa shape index (κ1) is 24.4. The molecule has 0 spiro atoms. The van der Waals surface area contributed by atoms with Gasteiger partial charge in [0, 0.05) is 0 Å². The number of rotatable bonds is 6. The molecule has 0 nitrogen and oxygen atoms in total. The Morgan fingerprint density at radius 3 is 1.21 bits per heavy atom. The van der Waals surface area contributed by atoms with Crippen LogP contribution in [0.2, 0.25) is 23.2 Å². The van der Waals surface area contributed by atoms with Gasteiger partial charge in [0.1, 0.15) is 0 Å². The van der Waals surface area contributed by atoms with Gasteiger partial charge in [-0.05, 0) is 44.9 Å². The molecule has 0 saturated heterocycles. The topological polar surface area (TPSA) is 0 Å². The Kier molecular flexibility index (Phi) is 7.05. The minimum absolute atomic E-state index is 0.231. The van der Waals surface area contributed by atoms with Gasteiger partial charge in [-0.15, -0.1) is 0 Å². The summed E-state index contributed by atoms with van der Waals surface area (Å²) in [5.41, 5.74) is 8.38. The predicted molar refractivity (Wildman–Crippen MR) is 135 cm³/mol. The molecule has 0 aromatic rings. The summed E-state index contributed by atoms with van der Waals surface area (Å²) in [6.07, 6.45) is 10.6. The van der Waals surface area contributed by atoms with Crippen LogP contribution in [-0.2, 0) is 0 Å². The first-order chi connectivity index (χ1) is 13.2. The largest absolute Gasteiger partial charge is 0.0762 e. The third-order valence-electron chi connectivity index (χ3n) is 7.68. The summed E-state index contributed by atoms with van der Waals surface area (Å²) in [6.45, 7) is 28.9. The third-order valence-corrected chi connectivity index (χ3v) is 13.8. The average Bonchev–Trinajstić information content (AvgIpc) is 3.21. The van der Waals surface area contributed by atoms with Crippen molar-refractivity contribution in [1.82, 2.24) is 0 Å². The summed E-state index contributed by atoms with van der Waals surface area (Å²) in [5, 5.41) is 0. The maximum atomic E-state index is 2.72. The van der Waals surface area contributed by atoms with Gasteiger partial charge in [0.15, 0.2) is 0 Å². The average molecular weight is 413 g/mol. The Labute approximate surface area is 183 Å². The number of hydrogen-bond acceptors (Lipinski definition) is 0. The highest BCUT2D eigenvalue weighted by Crippen LogP contribution is 2.57. The van der Waals surface area contributed by atoms with Crippen LogP contribution in [0.1, 0.15) is 83.1 Å². The summed E-state index contributed by atoms with van der Waals surface area (Å²) in [6, 6.07) is 2.71. The van der Waals surface area contributed by atoms with Crippen molar-refractivity contribution in [1.29, 1.82) is 0 Å². The molecule has 2 atom stereocenters. The molecule has 0 aromatic heterocycles. The zero-order chi connectivity index (χ0) is 22.4. The molecule has 0 saturated carbocycles. The van der Waals surface area contributed by atoms with Crippen molar-refractivity contribution in [2.45, 2.75) is 106 Å². The number of hydrogen-bond donors (Lipinski definition) is 0. The van der Waals surface area contributed by atoms with E-state index in [4.69, 9.17) is 0 Å². The van der Waals surface area contributed by atoms with Crippen molar-refractivity contribution in [2.24, 2.45) is 22.7 Å². The van der Waals surface area contributed by atoms with E-state index in [-0.39, 0.29) is 10.8 Å². The standard InChI is InChI=1S/C28H48Si/c1-13-29(14-2,25-17-21(27(7,8)9)15-23(25)19(3)4)26-18-22(28(10,11)12)16-24(26)20(5)6/h15-20,25-26H,13-14H2,1-12H3. The van der Waals surface area contributed by atoms with Gasteiger partial charge in [0.25, 0.3) is 0 Å². The zero-order valence-corrected chi connectivity index (χ0v) is 22.5. The minimum Gasteiger partial charge on any atom is -0.0762 e. The fraction of sp³-hybridized carbons (Fsp3) is 0.714.